The molecule has 0 radical (unpaired) electrons. The van der Waals surface area contributed by atoms with Gasteiger partial charge in [-0.15, -0.1) is 0 Å². The molecule has 0 heterocycles. The monoisotopic (exact) mass is 403 g/mol. The third-order valence-electron chi connectivity index (χ3n) is 3.74. The molecule has 0 aliphatic rings. The molecule has 0 unspecified atom stereocenters. The number of anilines is 1. The number of benzene rings is 2. The van der Waals surface area contributed by atoms with Crippen LogP contribution in [-0.4, -0.2) is 34.3 Å². The zero-order valence-electron chi connectivity index (χ0n) is 16.4. The molecule has 0 saturated carbocycles. The molecule has 0 aromatic heterocycles. The fourth-order valence-corrected chi connectivity index (χ4v) is 2.94. The summed E-state index contributed by atoms with van der Waals surface area (Å²) in [7, 11) is -1.70. The van der Waals surface area contributed by atoms with E-state index in [-0.39, 0.29) is 10.8 Å². The summed E-state index contributed by atoms with van der Waals surface area (Å²) in [4.78, 5) is 12.3. The van der Waals surface area contributed by atoms with Gasteiger partial charge in [0.25, 0.3) is 0 Å². The number of sulfone groups is 1. The Morgan fingerprint density at radius 2 is 1.79 bits per heavy atom. The second-order valence-corrected chi connectivity index (χ2v) is 8.75. The number of carbonyl (C=O) groups is 1. The lowest BCUT2D eigenvalue weighted by Crippen LogP contribution is -2.08. The SMILES string of the molecule is COc1cc(/C=C/C(=O)Nc2ccc(S(C)(=O)=O)cc2)ccc1OCC(C)C. The molecule has 2 rings (SSSR count). The summed E-state index contributed by atoms with van der Waals surface area (Å²) in [6.07, 6.45) is 4.19. The summed E-state index contributed by atoms with van der Waals surface area (Å²) in [5.41, 5.74) is 1.30. The number of nitrogens with one attached hydrogen (secondary N) is 1. The maximum absolute atomic E-state index is 12.1. The second kappa shape index (κ2) is 9.41. The Balaban J connectivity index is 2.03. The van der Waals surface area contributed by atoms with Crippen molar-refractivity contribution in [2.75, 3.05) is 25.3 Å². The van der Waals surface area contributed by atoms with E-state index >= 15 is 0 Å². The van der Waals surface area contributed by atoms with E-state index in [1.807, 2.05) is 12.1 Å². The molecule has 0 fully saturated rings. The van der Waals surface area contributed by atoms with Crippen LogP contribution in [-0.2, 0) is 14.6 Å². The van der Waals surface area contributed by atoms with E-state index in [0.29, 0.717) is 29.7 Å². The van der Waals surface area contributed by atoms with E-state index in [4.69, 9.17) is 9.47 Å². The van der Waals surface area contributed by atoms with Crippen LogP contribution in [0.4, 0.5) is 5.69 Å². The van der Waals surface area contributed by atoms with Crippen molar-refractivity contribution in [3.63, 3.8) is 0 Å². The molecule has 150 valence electrons. The number of hydrogen-bond acceptors (Lipinski definition) is 5. The average molecular weight is 404 g/mol. The van der Waals surface area contributed by atoms with Gasteiger partial charge in [0.2, 0.25) is 5.91 Å². The third kappa shape index (κ3) is 6.42. The van der Waals surface area contributed by atoms with Gasteiger partial charge in [-0.1, -0.05) is 19.9 Å². The standard InChI is InChI=1S/C21H25NO5S/c1-15(2)14-27-19-11-5-16(13-20(19)26-3)6-12-21(23)22-17-7-9-18(10-8-17)28(4,24)25/h5-13,15H,14H2,1-4H3,(H,22,23)/b12-6+. The first-order valence-electron chi connectivity index (χ1n) is 8.79. The molecule has 2 aromatic carbocycles. The highest BCUT2D eigenvalue weighted by atomic mass is 32.2. The van der Waals surface area contributed by atoms with Crippen molar-refractivity contribution >= 4 is 27.5 Å². The summed E-state index contributed by atoms with van der Waals surface area (Å²) >= 11 is 0. The van der Waals surface area contributed by atoms with Crippen LogP contribution in [0, 0.1) is 5.92 Å². The van der Waals surface area contributed by atoms with Gasteiger partial charge in [0, 0.05) is 18.0 Å². The fraction of sp³-hybridized carbons (Fsp3) is 0.286. The van der Waals surface area contributed by atoms with Gasteiger partial charge in [-0.2, -0.15) is 0 Å². The van der Waals surface area contributed by atoms with Gasteiger partial charge < -0.3 is 14.8 Å². The Morgan fingerprint density at radius 1 is 1.11 bits per heavy atom. The van der Waals surface area contributed by atoms with Crippen LogP contribution in [0.5, 0.6) is 11.5 Å². The average Bonchev–Trinajstić information content (AvgIpc) is 2.64. The van der Waals surface area contributed by atoms with Crippen molar-refractivity contribution in [3.05, 3.63) is 54.1 Å². The number of amides is 1. The Hall–Kier alpha value is -2.80. The molecule has 1 amide bonds. The predicted octanol–water partition coefficient (Wildman–Crippen LogP) is 3.79. The molecule has 7 heteroatoms. The van der Waals surface area contributed by atoms with Gasteiger partial charge in [-0.25, -0.2) is 8.42 Å². The molecule has 1 N–H and O–H groups in total. The third-order valence-corrected chi connectivity index (χ3v) is 4.87. The lowest BCUT2D eigenvalue weighted by molar-refractivity contribution is -0.111. The summed E-state index contributed by atoms with van der Waals surface area (Å²) in [6.45, 7) is 4.72. The zero-order valence-corrected chi connectivity index (χ0v) is 17.2. The number of hydrogen-bond donors (Lipinski definition) is 1. The van der Waals surface area contributed by atoms with Crippen molar-refractivity contribution in [1.29, 1.82) is 0 Å². The molecule has 28 heavy (non-hydrogen) atoms. The van der Waals surface area contributed by atoms with E-state index in [9.17, 15) is 13.2 Å². The molecule has 0 bridgehead atoms. The number of methoxy groups -OCH3 is 1. The van der Waals surface area contributed by atoms with Crippen molar-refractivity contribution < 1.29 is 22.7 Å². The summed E-state index contributed by atoms with van der Waals surface area (Å²) in [5, 5.41) is 2.69. The van der Waals surface area contributed by atoms with Crippen molar-refractivity contribution in [2.45, 2.75) is 18.7 Å². The van der Waals surface area contributed by atoms with Gasteiger partial charge in [0.1, 0.15) is 0 Å². The quantitative estimate of drug-likeness (QED) is 0.678. The zero-order chi connectivity index (χ0) is 20.7. The maximum Gasteiger partial charge on any atom is 0.248 e. The molecular weight excluding hydrogens is 378 g/mol. The topological polar surface area (TPSA) is 81.7 Å². The minimum atomic E-state index is -3.26. The number of rotatable bonds is 8. The molecule has 6 nitrogen and oxygen atoms in total. The van der Waals surface area contributed by atoms with Gasteiger partial charge in [-0.3, -0.25) is 4.79 Å². The minimum absolute atomic E-state index is 0.202. The van der Waals surface area contributed by atoms with Crippen molar-refractivity contribution in [1.82, 2.24) is 0 Å². The van der Waals surface area contributed by atoms with Crippen LogP contribution in [0.25, 0.3) is 6.08 Å². The first-order chi connectivity index (χ1) is 13.2. The maximum atomic E-state index is 12.1. The minimum Gasteiger partial charge on any atom is -0.493 e. The van der Waals surface area contributed by atoms with Gasteiger partial charge in [0.15, 0.2) is 21.3 Å². The molecule has 0 aliphatic heterocycles. The van der Waals surface area contributed by atoms with Crippen molar-refractivity contribution in [3.8, 4) is 11.5 Å². The molecule has 0 spiro atoms. The first-order valence-corrected chi connectivity index (χ1v) is 10.7. The number of ether oxygens (including phenoxy) is 2. The van der Waals surface area contributed by atoms with Crippen LogP contribution in [0.15, 0.2) is 53.4 Å². The highest BCUT2D eigenvalue weighted by Gasteiger charge is 2.08. The molecular formula is C21H25NO5S. The van der Waals surface area contributed by atoms with Gasteiger partial charge >= 0.3 is 0 Å². The molecule has 0 atom stereocenters. The van der Waals surface area contributed by atoms with E-state index in [1.54, 1.807) is 31.4 Å². The Morgan fingerprint density at radius 3 is 2.36 bits per heavy atom. The van der Waals surface area contributed by atoms with Crippen LogP contribution in [0.1, 0.15) is 19.4 Å². The van der Waals surface area contributed by atoms with E-state index in [1.165, 1.54) is 18.2 Å². The van der Waals surface area contributed by atoms with Crippen LogP contribution in [0.3, 0.4) is 0 Å². The fourth-order valence-electron chi connectivity index (χ4n) is 2.30. The molecule has 2 aromatic rings. The van der Waals surface area contributed by atoms with E-state index < -0.39 is 9.84 Å². The number of carbonyl (C=O) groups excluding carboxylic acids is 1. The lowest BCUT2D eigenvalue weighted by atomic mass is 10.2. The molecule has 0 aliphatic carbocycles. The largest absolute Gasteiger partial charge is 0.493 e. The van der Waals surface area contributed by atoms with Crippen molar-refractivity contribution in [2.24, 2.45) is 5.92 Å². The van der Waals surface area contributed by atoms with E-state index in [2.05, 4.69) is 19.2 Å². The second-order valence-electron chi connectivity index (χ2n) is 6.73. The predicted molar refractivity (Wildman–Crippen MR) is 111 cm³/mol. The summed E-state index contributed by atoms with van der Waals surface area (Å²) in [6, 6.07) is 11.4. The van der Waals surface area contributed by atoms with Gasteiger partial charge in [-0.05, 0) is 54.0 Å². The van der Waals surface area contributed by atoms with E-state index in [0.717, 1.165) is 11.8 Å². The van der Waals surface area contributed by atoms with Crippen LogP contribution in [0.2, 0.25) is 0 Å². The Bertz CT molecular complexity index is 947. The summed E-state index contributed by atoms with van der Waals surface area (Å²) < 4.78 is 34.0. The Labute approximate surface area is 166 Å². The van der Waals surface area contributed by atoms with Crippen LogP contribution >= 0.6 is 0 Å². The van der Waals surface area contributed by atoms with Gasteiger partial charge in [0.05, 0.1) is 18.6 Å². The smallest absolute Gasteiger partial charge is 0.248 e. The van der Waals surface area contributed by atoms with Crippen LogP contribution < -0.4 is 14.8 Å². The Kier molecular flexibility index (Phi) is 7.23. The lowest BCUT2D eigenvalue weighted by Gasteiger charge is -2.12. The normalized spacial score (nSPS) is 11.6. The highest BCUT2D eigenvalue weighted by Crippen LogP contribution is 2.29. The first kappa shape index (κ1) is 21.5. The molecule has 0 saturated heterocycles. The highest BCUT2D eigenvalue weighted by molar-refractivity contribution is 7.90. The summed E-state index contributed by atoms with van der Waals surface area (Å²) in [5.74, 6) is 1.33.